The van der Waals surface area contributed by atoms with Crippen molar-refractivity contribution in [2.75, 3.05) is 5.32 Å². The molecule has 2 N–H and O–H groups in total. The van der Waals surface area contributed by atoms with Crippen molar-refractivity contribution in [2.24, 2.45) is 0 Å². The molecule has 4 heteroatoms. The van der Waals surface area contributed by atoms with Crippen molar-refractivity contribution in [3.63, 3.8) is 0 Å². The highest BCUT2D eigenvalue weighted by Gasteiger charge is 2.13. The number of anilines is 1. The Labute approximate surface area is 133 Å². The maximum atomic E-state index is 12.1. The van der Waals surface area contributed by atoms with E-state index in [-0.39, 0.29) is 12.1 Å². The van der Waals surface area contributed by atoms with E-state index in [0.29, 0.717) is 0 Å². The predicted molar refractivity (Wildman–Crippen MR) is 90.5 cm³/mol. The zero-order chi connectivity index (χ0) is 15.2. The fourth-order valence-electron chi connectivity index (χ4n) is 2.10. The smallest absolute Gasteiger partial charge is 0.319 e. The monoisotopic (exact) mass is 346 g/mol. The van der Waals surface area contributed by atoms with Gasteiger partial charge in [0.25, 0.3) is 0 Å². The molecule has 0 radical (unpaired) electrons. The van der Waals surface area contributed by atoms with Crippen molar-refractivity contribution in [3.8, 4) is 0 Å². The summed E-state index contributed by atoms with van der Waals surface area (Å²) in [5.74, 6) is 0. The van der Waals surface area contributed by atoms with Gasteiger partial charge in [0.15, 0.2) is 0 Å². The summed E-state index contributed by atoms with van der Waals surface area (Å²) in [5, 5.41) is 5.87. The minimum absolute atomic E-state index is 0.00749. The molecule has 0 bridgehead atoms. The van der Waals surface area contributed by atoms with Gasteiger partial charge in [0.1, 0.15) is 0 Å². The maximum absolute atomic E-state index is 12.1. The Bertz CT molecular complexity index is 610. The standard InChI is InChI=1S/C17H19BrN2O/c1-3-15(13-10-8-12(2)9-11-13)19-17(21)20-16-7-5-4-6-14(16)18/h4-11,15H,3H2,1-2H3,(H2,19,20,21)/t15-/m1/s1. The van der Waals surface area contributed by atoms with Crippen LogP contribution in [0.1, 0.15) is 30.5 Å². The topological polar surface area (TPSA) is 41.1 Å². The molecule has 0 aliphatic carbocycles. The molecule has 3 nitrogen and oxygen atoms in total. The number of nitrogens with one attached hydrogen (secondary N) is 2. The van der Waals surface area contributed by atoms with Gasteiger partial charge in [-0.15, -0.1) is 0 Å². The van der Waals surface area contributed by atoms with Crippen LogP contribution in [-0.2, 0) is 0 Å². The number of aryl methyl sites for hydroxylation is 1. The number of benzene rings is 2. The number of carbonyl (C=O) groups is 1. The van der Waals surface area contributed by atoms with Gasteiger partial charge in [0.2, 0.25) is 0 Å². The lowest BCUT2D eigenvalue weighted by molar-refractivity contribution is 0.248. The van der Waals surface area contributed by atoms with Crippen molar-refractivity contribution in [3.05, 3.63) is 64.1 Å². The van der Waals surface area contributed by atoms with Crippen LogP contribution in [0.5, 0.6) is 0 Å². The van der Waals surface area contributed by atoms with Crippen LogP contribution in [0.15, 0.2) is 53.0 Å². The first kappa shape index (κ1) is 15.6. The number of carbonyl (C=O) groups excluding carboxylic acids is 1. The summed E-state index contributed by atoms with van der Waals surface area (Å²) in [6.07, 6.45) is 0.840. The fourth-order valence-corrected chi connectivity index (χ4v) is 2.48. The van der Waals surface area contributed by atoms with Gasteiger partial charge in [-0.1, -0.05) is 48.9 Å². The van der Waals surface area contributed by atoms with Crippen molar-refractivity contribution >= 4 is 27.6 Å². The van der Waals surface area contributed by atoms with Crippen molar-refractivity contribution in [2.45, 2.75) is 26.3 Å². The molecule has 2 aromatic carbocycles. The molecule has 0 heterocycles. The summed E-state index contributed by atoms with van der Waals surface area (Å²) in [6, 6.07) is 15.6. The second-order valence-electron chi connectivity index (χ2n) is 4.95. The van der Waals surface area contributed by atoms with E-state index in [9.17, 15) is 4.79 Å². The Morgan fingerprint density at radius 2 is 1.81 bits per heavy atom. The molecule has 0 spiro atoms. The first-order valence-electron chi connectivity index (χ1n) is 6.98. The highest BCUT2D eigenvalue weighted by Crippen LogP contribution is 2.22. The molecular formula is C17H19BrN2O. The number of para-hydroxylation sites is 1. The van der Waals surface area contributed by atoms with Gasteiger partial charge < -0.3 is 10.6 Å². The van der Waals surface area contributed by atoms with Gasteiger partial charge >= 0.3 is 6.03 Å². The van der Waals surface area contributed by atoms with Crippen LogP contribution >= 0.6 is 15.9 Å². The average Bonchev–Trinajstić information content (AvgIpc) is 2.48. The minimum atomic E-state index is -0.200. The van der Waals surface area contributed by atoms with Crippen LogP contribution in [0.2, 0.25) is 0 Å². The molecule has 21 heavy (non-hydrogen) atoms. The fraction of sp³-hybridized carbons (Fsp3) is 0.235. The molecule has 0 aliphatic rings. The first-order valence-corrected chi connectivity index (χ1v) is 7.78. The summed E-state index contributed by atoms with van der Waals surface area (Å²) < 4.78 is 0.864. The third-order valence-corrected chi connectivity index (χ3v) is 4.01. The lowest BCUT2D eigenvalue weighted by Gasteiger charge is -2.18. The van der Waals surface area contributed by atoms with Gasteiger partial charge in [-0.3, -0.25) is 0 Å². The van der Waals surface area contributed by atoms with E-state index in [4.69, 9.17) is 0 Å². The third kappa shape index (κ3) is 4.33. The minimum Gasteiger partial charge on any atom is -0.331 e. The molecule has 0 saturated heterocycles. The van der Waals surface area contributed by atoms with Crippen LogP contribution in [0.3, 0.4) is 0 Å². The summed E-state index contributed by atoms with van der Waals surface area (Å²) in [4.78, 5) is 12.1. The molecule has 0 unspecified atom stereocenters. The highest BCUT2D eigenvalue weighted by atomic mass is 79.9. The van der Waals surface area contributed by atoms with E-state index in [1.165, 1.54) is 5.56 Å². The summed E-state index contributed by atoms with van der Waals surface area (Å²) in [7, 11) is 0. The molecule has 0 fully saturated rings. The summed E-state index contributed by atoms with van der Waals surface area (Å²) in [5.41, 5.74) is 3.09. The van der Waals surface area contributed by atoms with Crippen LogP contribution in [0.4, 0.5) is 10.5 Å². The molecule has 2 amide bonds. The molecule has 110 valence electrons. The molecule has 1 atom stereocenters. The number of hydrogen-bond donors (Lipinski definition) is 2. The average molecular weight is 347 g/mol. The highest BCUT2D eigenvalue weighted by molar-refractivity contribution is 9.10. The number of rotatable bonds is 4. The largest absolute Gasteiger partial charge is 0.331 e. The van der Waals surface area contributed by atoms with Crippen LogP contribution < -0.4 is 10.6 Å². The SMILES string of the molecule is CC[C@@H](NC(=O)Nc1ccccc1Br)c1ccc(C)cc1. The second-order valence-corrected chi connectivity index (χ2v) is 5.80. The Morgan fingerprint density at radius 1 is 1.14 bits per heavy atom. The van der Waals surface area contributed by atoms with E-state index >= 15 is 0 Å². The van der Waals surface area contributed by atoms with Crippen molar-refractivity contribution < 1.29 is 4.79 Å². The van der Waals surface area contributed by atoms with E-state index < -0.39 is 0 Å². The zero-order valence-electron chi connectivity index (χ0n) is 12.2. The van der Waals surface area contributed by atoms with Gasteiger partial charge in [0, 0.05) is 4.47 Å². The Hall–Kier alpha value is -1.81. The Balaban J connectivity index is 2.03. The number of amides is 2. The number of hydrogen-bond acceptors (Lipinski definition) is 1. The maximum Gasteiger partial charge on any atom is 0.319 e. The van der Waals surface area contributed by atoms with Crippen molar-refractivity contribution in [1.82, 2.24) is 5.32 Å². The summed E-state index contributed by atoms with van der Waals surface area (Å²) >= 11 is 3.42. The first-order chi connectivity index (χ1) is 10.1. The summed E-state index contributed by atoms with van der Waals surface area (Å²) in [6.45, 7) is 4.11. The van der Waals surface area contributed by atoms with Crippen LogP contribution in [0, 0.1) is 6.92 Å². The molecule has 0 aliphatic heterocycles. The van der Waals surface area contributed by atoms with Gasteiger partial charge in [-0.05, 0) is 47.0 Å². The van der Waals surface area contributed by atoms with Gasteiger partial charge in [-0.25, -0.2) is 4.79 Å². The van der Waals surface area contributed by atoms with E-state index in [1.54, 1.807) is 0 Å². The number of urea groups is 1. The lowest BCUT2D eigenvalue weighted by Crippen LogP contribution is -2.32. The quantitative estimate of drug-likeness (QED) is 0.800. The van der Waals surface area contributed by atoms with Crippen LogP contribution in [0.25, 0.3) is 0 Å². The molecule has 2 rings (SSSR count). The van der Waals surface area contributed by atoms with E-state index in [1.807, 2.05) is 24.3 Å². The molecular weight excluding hydrogens is 328 g/mol. The Kier molecular flexibility index (Phi) is 5.39. The Morgan fingerprint density at radius 3 is 2.43 bits per heavy atom. The van der Waals surface area contributed by atoms with Crippen LogP contribution in [-0.4, -0.2) is 6.03 Å². The van der Waals surface area contributed by atoms with Gasteiger partial charge in [0.05, 0.1) is 11.7 Å². The zero-order valence-corrected chi connectivity index (χ0v) is 13.8. The van der Waals surface area contributed by atoms with Gasteiger partial charge in [-0.2, -0.15) is 0 Å². The normalized spacial score (nSPS) is 11.8. The second kappa shape index (κ2) is 7.27. The van der Waals surface area contributed by atoms with E-state index in [2.05, 4.69) is 64.7 Å². The van der Waals surface area contributed by atoms with Crippen molar-refractivity contribution in [1.29, 1.82) is 0 Å². The molecule has 0 saturated carbocycles. The predicted octanol–water partition coefficient (Wildman–Crippen LogP) is 5.03. The lowest BCUT2D eigenvalue weighted by atomic mass is 10.0. The molecule has 2 aromatic rings. The third-order valence-electron chi connectivity index (χ3n) is 3.32. The number of halogens is 1. The van der Waals surface area contributed by atoms with E-state index in [0.717, 1.165) is 22.1 Å². The molecule has 0 aromatic heterocycles.